The van der Waals surface area contributed by atoms with Crippen molar-refractivity contribution in [2.24, 2.45) is 5.73 Å². The van der Waals surface area contributed by atoms with Crippen LogP contribution in [-0.4, -0.2) is 59.9 Å². The number of likely N-dealkylation sites (N-methyl/N-ethyl adjacent to an activating group) is 1. The number of carbonyl (C=O) groups excluding carboxylic acids is 2. The zero-order valence-corrected chi connectivity index (χ0v) is 14.8. The van der Waals surface area contributed by atoms with Crippen molar-refractivity contribution in [1.29, 1.82) is 0 Å². The lowest BCUT2D eigenvalue weighted by atomic mass is 10.0. The molecular formula is C19H27N3O3. The van der Waals surface area contributed by atoms with Gasteiger partial charge in [0.2, 0.25) is 0 Å². The molecule has 2 atom stereocenters. The highest BCUT2D eigenvalue weighted by Crippen LogP contribution is 2.31. The minimum Gasteiger partial charge on any atom is -0.484 e. The number of carbonyl (C=O) groups is 2. The quantitative estimate of drug-likeness (QED) is 0.850. The normalized spacial score (nSPS) is 23.8. The van der Waals surface area contributed by atoms with Gasteiger partial charge in [0.05, 0.1) is 0 Å². The molecule has 25 heavy (non-hydrogen) atoms. The first-order valence-electron chi connectivity index (χ1n) is 9.16. The molecule has 136 valence electrons. The molecule has 2 fully saturated rings. The Hall–Kier alpha value is -2.08. The van der Waals surface area contributed by atoms with Gasteiger partial charge >= 0.3 is 0 Å². The van der Waals surface area contributed by atoms with E-state index in [9.17, 15) is 9.59 Å². The molecular weight excluding hydrogens is 318 g/mol. The summed E-state index contributed by atoms with van der Waals surface area (Å²) >= 11 is 0. The fraction of sp³-hybridized carbons (Fsp3) is 0.579. The largest absolute Gasteiger partial charge is 0.484 e. The van der Waals surface area contributed by atoms with Crippen LogP contribution < -0.4 is 10.5 Å². The molecule has 0 unspecified atom stereocenters. The average Bonchev–Trinajstić information content (AvgIpc) is 3.27. The lowest BCUT2D eigenvalue weighted by molar-refractivity contribution is -0.119. The van der Waals surface area contributed by atoms with E-state index >= 15 is 0 Å². The molecule has 1 aromatic rings. The van der Waals surface area contributed by atoms with Gasteiger partial charge in [-0.3, -0.25) is 14.5 Å². The van der Waals surface area contributed by atoms with Crippen LogP contribution in [0.2, 0.25) is 0 Å². The Kier molecular flexibility index (Phi) is 5.58. The third kappa shape index (κ3) is 3.95. The van der Waals surface area contributed by atoms with E-state index in [-0.39, 0.29) is 12.5 Å². The Morgan fingerprint density at radius 2 is 1.80 bits per heavy atom. The van der Waals surface area contributed by atoms with Gasteiger partial charge in [-0.1, -0.05) is 6.92 Å². The molecule has 2 amide bonds. The summed E-state index contributed by atoms with van der Waals surface area (Å²) in [4.78, 5) is 28.3. The predicted octanol–water partition coefficient (Wildman–Crippen LogP) is 1.64. The van der Waals surface area contributed by atoms with Crippen molar-refractivity contribution in [2.75, 3.05) is 26.2 Å². The molecule has 0 aromatic heterocycles. The number of primary amides is 1. The Labute approximate surface area is 148 Å². The van der Waals surface area contributed by atoms with Gasteiger partial charge in [-0.2, -0.15) is 0 Å². The lowest BCUT2D eigenvalue weighted by Gasteiger charge is -2.34. The molecule has 2 aliphatic heterocycles. The van der Waals surface area contributed by atoms with Gasteiger partial charge in [-0.15, -0.1) is 0 Å². The molecule has 3 rings (SSSR count). The highest BCUT2D eigenvalue weighted by Gasteiger charge is 2.39. The number of hydrogen-bond acceptors (Lipinski definition) is 4. The van der Waals surface area contributed by atoms with Crippen LogP contribution in [-0.2, 0) is 4.79 Å². The van der Waals surface area contributed by atoms with Gasteiger partial charge in [0.1, 0.15) is 5.75 Å². The van der Waals surface area contributed by atoms with E-state index in [1.54, 1.807) is 24.3 Å². The minimum atomic E-state index is -0.517. The van der Waals surface area contributed by atoms with Crippen LogP contribution in [0.4, 0.5) is 0 Å². The third-order valence-corrected chi connectivity index (χ3v) is 5.31. The highest BCUT2D eigenvalue weighted by atomic mass is 16.5. The summed E-state index contributed by atoms with van der Waals surface area (Å²) in [6.45, 7) is 5.07. The fourth-order valence-electron chi connectivity index (χ4n) is 4.14. The summed E-state index contributed by atoms with van der Waals surface area (Å²) in [7, 11) is 0. The summed E-state index contributed by atoms with van der Waals surface area (Å²) in [5.74, 6) is 0.116. The number of hydrogen-bond donors (Lipinski definition) is 1. The summed E-state index contributed by atoms with van der Waals surface area (Å²) in [5.41, 5.74) is 5.74. The monoisotopic (exact) mass is 345 g/mol. The number of nitrogens with two attached hydrogens (primary N) is 1. The Balaban J connectivity index is 1.68. The number of amides is 2. The fourth-order valence-corrected chi connectivity index (χ4v) is 4.14. The topological polar surface area (TPSA) is 75.9 Å². The van der Waals surface area contributed by atoms with Crippen molar-refractivity contribution in [2.45, 2.75) is 44.7 Å². The van der Waals surface area contributed by atoms with E-state index in [0.717, 1.165) is 32.5 Å². The second-order valence-corrected chi connectivity index (χ2v) is 6.83. The molecule has 0 bridgehead atoms. The maximum absolute atomic E-state index is 13.0. The van der Waals surface area contributed by atoms with Gasteiger partial charge in [0.25, 0.3) is 11.8 Å². The number of rotatable bonds is 6. The van der Waals surface area contributed by atoms with E-state index < -0.39 is 5.91 Å². The number of benzene rings is 1. The van der Waals surface area contributed by atoms with E-state index in [0.29, 0.717) is 23.4 Å². The van der Waals surface area contributed by atoms with Crippen LogP contribution in [0.25, 0.3) is 0 Å². The van der Waals surface area contributed by atoms with Crippen LogP contribution in [0.15, 0.2) is 24.3 Å². The van der Waals surface area contributed by atoms with Crippen molar-refractivity contribution >= 4 is 11.8 Å². The average molecular weight is 345 g/mol. The van der Waals surface area contributed by atoms with Gasteiger partial charge in [-0.25, -0.2) is 0 Å². The molecule has 6 heteroatoms. The van der Waals surface area contributed by atoms with Gasteiger partial charge in [-0.05, 0) is 63.0 Å². The molecule has 2 saturated heterocycles. The van der Waals surface area contributed by atoms with Crippen LogP contribution >= 0.6 is 0 Å². The molecule has 6 nitrogen and oxygen atoms in total. The minimum absolute atomic E-state index is 0.0897. The summed E-state index contributed by atoms with van der Waals surface area (Å²) < 4.78 is 5.25. The second kappa shape index (κ2) is 7.87. The smallest absolute Gasteiger partial charge is 0.255 e. The summed E-state index contributed by atoms with van der Waals surface area (Å²) in [5, 5.41) is 0. The lowest BCUT2D eigenvalue weighted by Crippen LogP contribution is -2.48. The van der Waals surface area contributed by atoms with Crippen LogP contribution in [0.3, 0.4) is 0 Å². The SMILES string of the molecule is CCN1CCC[C@@H]1[C@@H]1CCCN1C(=O)c1ccc(OCC(N)=O)cc1. The number of likely N-dealkylation sites (tertiary alicyclic amines) is 2. The Bertz CT molecular complexity index is 617. The first-order chi connectivity index (χ1) is 12.1. The third-order valence-electron chi connectivity index (χ3n) is 5.31. The Morgan fingerprint density at radius 1 is 1.12 bits per heavy atom. The number of ether oxygens (including phenoxy) is 1. The van der Waals surface area contributed by atoms with Gasteiger partial charge in [0.15, 0.2) is 6.61 Å². The molecule has 2 aliphatic rings. The molecule has 0 aliphatic carbocycles. The van der Waals surface area contributed by atoms with Gasteiger partial charge in [0, 0.05) is 24.2 Å². The van der Waals surface area contributed by atoms with Crippen molar-refractivity contribution < 1.29 is 14.3 Å². The zero-order valence-electron chi connectivity index (χ0n) is 14.8. The van der Waals surface area contributed by atoms with Crippen LogP contribution in [0.1, 0.15) is 43.0 Å². The summed E-state index contributed by atoms with van der Waals surface area (Å²) in [6, 6.07) is 7.78. The van der Waals surface area contributed by atoms with Crippen molar-refractivity contribution in [3.8, 4) is 5.75 Å². The van der Waals surface area contributed by atoms with Crippen LogP contribution in [0, 0.1) is 0 Å². The molecule has 1 aromatic carbocycles. The summed E-state index contributed by atoms with van der Waals surface area (Å²) in [6.07, 6.45) is 4.57. The highest BCUT2D eigenvalue weighted by molar-refractivity contribution is 5.94. The van der Waals surface area contributed by atoms with E-state index in [4.69, 9.17) is 10.5 Å². The first kappa shape index (κ1) is 17.7. The number of nitrogens with zero attached hydrogens (tertiary/aromatic N) is 2. The van der Waals surface area contributed by atoms with E-state index in [2.05, 4.69) is 16.7 Å². The molecule has 2 heterocycles. The van der Waals surface area contributed by atoms with Crippen molar-refractivity contribution in [3.63, 3.8) is 0 Å². The van der Waals surface area contributed by atoms with Gasteiger partial charge < -0.3 is 15.4 Å². The van der Waals surface area contributed by atoms with Crippen LogP contribution in [0.5, 0.6) is 5.75 Å². The van der Waals surface area contributed by atoms with Crippen molar-refractivity contribution in [3.05, 3.63) is 29.8 Å². The maximum Gasteiger partial charge on any atom is 0.255 e. The van der Waals surface area contributed by atoms with E-state index in [1.807, 2.05) is 0 Å². The zero-order chi connectivity index (χ0) is 17.8. The molecule has 2 N–H and O–H groups in total. The second-order valence-electron chi connectivity index (χ2n) is 6.83. The van der Waals surface area contributed by atoms with Crippen molar-refractivity contribution in [1.82, 2.24) is 9.80 Å². The first-order valence-corrected chi connectivity index (χ1v) is 9.16. The van der Waals surface area contributed by atoms with E-state index in [1.165, 1.54) is 12.8 Å². The molecule has 0 radical (unpaired) electrons. The molecule has 0 saturated carbocycles. The maximum atomic E-state index is 13.0. The standard InChI is InChI=1S/C19H27N3O3/c1-2-21-11-3-5-16(21)17-6-4-12-22(17)19(24)14-7-9-15(10-8-14)25-13-18(20)23/h7-10,16-17H,2-6,11-13H2,1H3,(H2,20,23)/t16-,17+/m1/s1. The molecule has 0 spiro atoms. The predicted molar refractivity (Wildman–Crippen MR) is 95.5 cm³/mol. The Morgan fingerprint density at radius 3 is 2.48 bits per heavy atom.